The molecule has 0 unspecified atom stereocenters. The molecule has 606 valence electrons. The number of benzene rings is 8. The van der Waals surface area contributed by atoms with E-state index in [4.69, 9.17) is 49.2 Å². The summed E-state index contributed by atoms with van der Waals surface area (Å²) in [5.74, 6) is 6.19. The first-order valence-electron chi connectivity index (χ1n) is 37.6. The molecule has 0 atom stereocenters. The fourth-order valence-electron chi connectivity index (χ4n) is 11.9. The van der Waals surface area contributed by atoms with E-state index in [2.05, 4.69) is 40.3 Å². The number of rotatable bonds is 30. The first-order valence-corrected chi connectivity index (χ1v) is 37.6. The van der Waals surface area contributed by atoms with E-state index >= 15 is 17.3 Å². The zero-order chi connectivity index (χ0) is 84.1. The van der Waals surface area contributed by atoms with Crippen molar-refractivity contribution in [1.82, 2.24) is 14.3 Å². The largest absolute Gasteiger partial charge is 0.679 e. The van der Waals surface area contributed by atoms with E-state index < -0.39 is 50.2 Å². The lowest BCUT2D eigenvalue weighted by Gasteiger charge is -2.19. The number of ether oxygens (including phenoxy) is 8. The highest BCUT2D eigenvalue weighted by molar-refractivity contribution is 6.44. The Morgan fingerprint density at radius 3 is 1.16 bits per heavy atom. The Kier molecular flexibility index (Phi) is 30.9. The van der Waals surface area contributed by atoms with E-state index in [1.165, 1.54) is 14.2 Å². The number of amides is 1. The Bertz CT molecular complexity index is 5310. The Hall–Kier alpha value is -13.7. The molecule has 24 nitrogen and oxygen atoms in total. The smallest absolute Gasteiger partial charge is 0.494 e. The normalized spacial score (nSPS) is 12.8. The van der Waals surface area contributed by atoms with Crippen LogP contribution in [0, 0.1) is 0 Å². The van der Waals surface area contributed by atoms with Gasteiger partial charge in [0.1, 0.15) is 45.8 Å². The van der Waals surface area contributed by atoms with Gasteiger partial charge in [-0.2, -0.15) is 5.90 Å². The van der Waals surface area contributed by atoms with Crippen LogP contribution < -0.4 is 30.2 Å². The van der Waals surface area contributed by atoms with Crippen LogP contribution in [0.1, 0.15) is 89.5 Å². The number of hydrogen-bond acceptors (Lipinski definition) is 17. The molecule has 30 heteroatoms. The molecule has 0 saturated heterocycles. The number of carbonyl (C=O) groups is 4. The third-order valence-electron chi connectivity index (χ3n) is 17.4. The minimum absolute atomic E-state index is 0.0449. The zero-order valence-electron chi connectivity index (χ0n) is 66.2. The topological polar surface area (TPSA) is 297 Å². The number of aromatic nitrogens is 2. The molecule has 3 N–H and O–H groups in total. The summed E-state index contributed by atoms with van der Waals surface area (Å²) in [7, 11) is -3.30. The predicted molar refractivity (Wildman–Crippen MR) is 451 cm³/mol. The van der Waals surface area contributed by atoms with Gasteiger partial charge < -0.3 is 57.0 Å². The molecule has 12 rings (SSSR count). The van der Waals surface area contributed by atoms with Crippen LogP contribution in [0.5, 0.6) is 23.0 Å². The van der Waals surface area contributed by atoms with Crippen molar-refractivity contribution in [2.45, 2.75) is 78.4 Å². The number of amidine groups is 2. The number of allylic oxidation sites excluding steroid dienone is 2. The quantitative estimate of drug-likeness (QED) is 0.00487. The second kappa shape index (κ2) is 42.1. The number of carbonyl (C=O) groups excluding carboxylic acids is 4. The van der Waals surface area contributed by atoms with Crippen LogP contribution in [-0.4, -0.2) is 136 Å². The molecule has 0 saturated carbocycles. The zero-order valence-corrected chi connectivity index (χ0v) is 66.2. The number of methoxy groups -OCH3 is 2. The van der Waals surface area contributed by atoms with Gasteiger partial charge in [0, 0.05) is 62.8 Å². The first-order chi connectivity index (χ1) is 56.9. The molecule has 118 heavy (non-hydrogen) atoms. The van der Waals surface area contributed by atoms with Gasteiger partial charge in [-0.25, -0.2) is 39.1 Å². The summed E-state index contributed by atoms with van der Waals surface area (Å²) in [6.07, 6.45) is 5.23. The van der Waals surface area contributed by atoms with Gasteiger partial charge in [0.2, 0.25) is 0 Å². The van der Waals surface area contributed by atoms with Gasteiger partial charge >= 0.3 is 39.0 Å². The van der Waals surface area contributed by atoms with E-state index in [-0.39, 0.29) is 47.9 Å². The number of azide groups is 1. The van der Waals surface area contributed by atoms with E-state index in [0.717, 1.165) is 31.2 Å². The Morgan fingerprint density at radius 1 is 0.466 bits per heavy atom. The van der Waals surface area contributed by atoms with Gasteiger partial charge in [-0.1, -0.05) is 151 Å². The average molecular weight is 1600 g/mol. The lowest BCUT2D eigenvalue weighted by Crippen LogP contribution is -2.33. The number of esters is 2. The third kappa shape index (κ3) is 24.9. The van der Waals surface area contributed by atoms with Crippen LogP contribution >= 0.6 is 0 Å². The molecule has 4 heterocycles. The maximum atomic E-state index is 15.4. The molecule has 0 aliphatic carbocycles. The number of nitrogens with zero attached hydrogens (tertiary/aromatic N) is 9. The Morgan fingerprint density at radius 2 is 0.822 bits per heavy atom. The summed E-state index contributed by atoms with van der Waals surface area (Å²) in [5, 5.41) is 6.26. The van der Waals surface area contributed by atoms with Crippen molar-refractivity contribution in [3.63, 3.8) is 0 Å². The highest BCUT2D eigenvalue weighted by Crippen LogP contribution is 2.44. The van der Waals surface area contributed by atoms with Crippen molar-refractivity contribution in [3.05, 3.63) is 275 Å². The molecular formula is C88H87B2F4N11O13. The highest BCUT2D eigenvalue weighted by atomic mass is 19.2. The van der Waals surface area contributed by atoms with Gasteiger partial charge in [0.15, 0.2) is 24.9 Å². The van der Waals surface area contributed by atoms with Gasteiger partial charge in [-0.15, -0.1) is 0 Å². The molecule has 0 fully saturated rings. The number of nitrogens with one attached hydrogen (secondary N) is 1. The van der Waals surface area contributed by atoms with Gasteiger partial charge in [0.05, 0.1) is 38.9 Å². The first kappa shape index (κ1) is 86.7. The lowest BCUT2D eigenvalue weighted by atomic mass is 10.0. The molecule has 8 aromatic carbocycles. The maximum absolute atomic E-state index is 15.4. The molecule has 10 aromatic rings. The number of hydrogen-bond donors (Lipinski definition) is 2. The van der Waals surface area contributed by atoms with E-state index in [1.54, 1.807) is 130 Å². The molecule has 1 amide bonds. The van der Waals surface area contributed by atoms with E-state index in [1.807, 2.05) is 154 Å². The molecule has 0 radical (unpaired) electrons. The van der Waals surface area contributed by atoms with Crippen LogP contribution in [0.2, 0.25) is 0 Å². The number of nitrogens with two attached hydrogens (primary N) is 1. The summed E-state index contributed by atoms with van der Waals surface area (Å²) >= 11 is 0. The second-order valence-corrected chi connectivity index (χ2v) is 28.2. The molecule has 2 aliphatic heterocycles. The summed E-state index contributed by atoms with van der Waals surface area (Å²) < 4.78 is 105. The number of alkyl carbamates (subject to hydrolysis) is 1. The molecule has 0 spiro atoms. The standard InChI is InChI=1S/C44H43BF2N4O6.C39H33BF2N6O4.C5H11NO3/c1-44(2,3)57-43(53)48-25-11-12-26-55-34-23-19-33(20-24-34)39-28-37(30-13-7-5-8-14-30)42(51(39)45(46)47)50-41-36(27-38(49-41)32-15-9-6-10-16-32)31-17-21-35(22-18-31)56-29-40(52)54-4;1-50-37(49)26-52-32-18-14-28(15-19-32)33-24-35(29-12-6-3-7-13-29)45-38(33)46-39-34(27-10-4-2-5-11-27)25-36(48(39)40(41)42)30-16-20-31(21-17-30)51-23-9-8-22-44-47-43;1-5(2,3)8-4(7)9-6/h5-10,13-24,27-28H,11-12,25-26,29H2,1-4H3,(H,48,53);2-7,10-21,24-25H,8-9,22-23,26H2,1H3;6H2,1-3H3. The van der Waals surface area contributed by atoms with Crippen molar-refractivity contribution in [3.8, 4) is 67.8 Å². The van der Waals surface area contributed by atoms with Crippen molar-refractivity contribution < 1.29 is 79.2 Å². The van der Waals surface area contributed by atoms with E-state index in [9.17, 15) is 19.2 Å². The maximum Gasteiger partial charge on any atom is 0.679 e. The van der Waals surface area contributed by atoms with Crippen molar-refractivity contribution in [2.24, 2.45) is 31.0 Å². The van der Waals surface area contributed by atoms with Crippen LogP contribution in [0.25, 0.3) is 66.4 Å². The van der Waals surface area contributed by atoms with Crippen molar-refractivity contribution >= 4 is 84.9 Å². The third-order valence-corrected chi connectivity index (χ3v) is 17.4. The summed E-state index contributed by atoms with van der Waals surface area (Å²) in [6.45, 7) is 11.8. The van der Waals surface area contributed by atoms with Gasteiger partial charge in [-0.05, 0) is 203 Å². The Balaban J connectivity index is 0.000000226. The molecule has 0 bridgehead atoms. The van der Waals surface area contributed by atoms with E-state index in [0.29, 0.717) is 131 Å². The lowest BCUT2D eigenvalue weighted by molar-refractivity contribution is -0.143. The van der Waals surface area contributed by atoms with Crippen LogP contribution in [-0.2, 0) is 33.4 Å². The monoisotopic (exact) mass is 1600 g/mol. The van der Waals surface area contributed by atoms with Gasteiger partial charge in [-0.3, -0.25) is 17.3 Å². The van der Waals surface area contributed by atoms with Crippen LogP contribution in [0.3, 0.4) is 0 Å². The summed E-state index contributed by atoms with van der Waals surface area (Å²) in [5.41, 5.74) is 17.1. The number of unbranched alkanes of at least 4 members (excludes halogenated alkanes) is 2. The minimum Gasteiger partial charge on any atom is -0.494 e. The SMILES string of the molecule is CC(C)(C)OC(=O)ON.COC(=O)COc1ccc(C2=CC(c3ccccc3)=NC2=Nc2c(-c3ccccc3)cc(-c3ccc(OCCCCN=[N+]=[N-])cc3)n2B(F)F)cc1.COC(=O)COc1ccc(C2=CC(c3ccccc3)=NC2=Nc2c(-c3ccccc3)cc(-c3ccc(OCCCCNC(=O)OC(C)(C)C)cc3)n2B(F)F)cc1. The van der Waals surface area contributed by atoms with Gasteiger partial charge in [0.25, 0.3) is 0 Å². The minimum atomic E-state index is -2.94. The Labute approximate surface area is 681 Å². The highest BCUT2D eigenvalue weighted by Gasteiger charge is 2.33. The fraction of sp³-hybridized carbons (Fsp3) is 0.227. The summed E-state index contributed by atoms with van der Waals surface area (Å²) in [6, 6.07) is 69.1. The number of halogens is 4. The van der Waals surface area contributed by atoms with Crippen molar-refractivity contribution in [1.29, 1.82) is 0 Å². The van der Waals surface area contributed by atoms with Crippen LogP contribution in [0.15, 0.2) is 268 Å². The molecule has 2 aromatic heterocycles. The molecule has 2 aliphatic rings. The van der Waals surface area contributed by atoms with Crippen LogP contribution in [0.4, 0.5) is 38.5 Å². The average Bonchev–Trinajstić information content (AvgIpc) is 1.62. The summed E-state index contributed by atoms with van der Waals surface area (Å²) in [4.78, 5) is 71.4. The second-order valence-electron chi connectivity index (χ2n) is 28.2. The van der Waals surface area contributed by atoms with Crippen molar-refractivity contribution in [2.75, 3.05) is 53.7 Å². The molecular weight excluding hydrogens is 1520 g/mol. The fourth-order valence-corrected chi connectivity index (χ4v) is 11.9. The predicted octanol–water partition coefficient (Wildman–Crippen LogP) is 19.5. The number of aliphatic imine (C=N–C) groups is 4.